The number of nitro benzene ring substituents is 1. The molecule has 0 aromatic heterocycles. The molecule has 1 aromatic carbocycles. The Kier molecular flexibility index (Phi) is 5.26. The summed E-state index contributed by atoms with van der Waals surface area (Å²) in [4.78, 5) is 23.1. The second kappa shape index (κ2) is 6.49. The van der Waals surface area contributed by atoms with Crippen molar-refractivity contribution in [3.63, 3.8) is 0 Å². The second-order valence-electron chi connectivity index (χ2n) is 4.50. The maximum Gasteiger partial charge on any atom is 0.269 e. The third kappa shape index (κ3) is 4.50. The van der Waals surface area contributed by atoms with Crippen LogP contribution in [0.25, 0.3) is 0 Å². The number of hydrogen-bond acceptors (Lipinski definition) is 4. The van der Waals surface area contributed by atoms with Crippen LogP contribution in [0.5, 0.6) is 0 Å². The van der Waals surface area contributed by atoms with Crippen molar-refractivity contribution in [2.24, 2.45) is 5.73 Å². The molecule has 0 saturated carbocycles. The van der Waals surface area contributed by atoms with E-state index in [4.69, 9.17) is 17.3 Å². The van der Waals surface area contributed by atoms with E-state index in [1.165, 1.54) is 18.2 Å². The van der Waals surface area contributed by atoms with Gasteiger partial charge in [-0.3, -0.25) is 19.8 Å². The Morgan fingerprint density at radius 3 is 2.63 bits per heavy atom. The van der Waals surface area contributed by atoms with Gasteiger partial charge in [-0.1, -0.05) is 11.6 Å². The lowest BCUT2D eigenvalue weighted by molar-refractivity contribution is -0.384. The molecule has 0 aliphatic heterocycles. The van der Waals surface area contributed by atoms with Gasteiger partial charge in [-0.2, -0.15) is 0 Å². The largest absolute Gasteiger partial charge is 0.369 e. The predicted molar refractivity (Wildman–Crippen MR) is 72.8 cm³/mol. The molecule has 0 aliphatic rings. The fourth-order valence-electron chi connectivity index (χ4n) is 1.64. The summed E-state index contributed by atoms with van der Waals surface area (Å²) in [6.07, 6.45) is 0. The topological polar surface area (TPSA) is 89.5 Å². The molecule has 104 valence electrons. The van der Waals surface area contributed by atoms with Crippen LogP contribution >= 0.6 is 11.6 Å². The summed E-state index contributed by atoms with van der Waals surface area (Å²) in [7, 11) is 0. The van der Waals surface area contributed by atoms with Gasteiger partial charge in [0, 0.05) is 29.7 Å². The first-order chi connectivity index (χ1) is 8.81. The molecule has 0 radical (unpaired) electrons. The molecule has 1 rings (SSSR count). The van der Waals surface area contributed by atoms with Crippen LogP contribution in [0.2, 0.25) is 5.02 Å². The van der Waals surface area contributed by atoms with Crippen molar-refractivity contribution in [2.45, 2.75) is 26.4 Å². The third-order valence-electron chi connectivity index (χ3n) is 2.70. The van der Waals surface area contributed by atoms with Crippen molar-refractivity contribution in [2.75, 3.05) is 6.54 Å². The van der Waals surface area contributed by atoms with Crippen LogP contribution in [0, 0.1) is 10.1 Å². The normalized spacial score (nSPS) is 11.0. The first-order valence-electron chi connectivity index (χ1n) is 5.76. The first-order valence-corrected chi connectivity index (χ1v) is 6.14. The molecule has 0 fully saturated rings. The molecule has 2 N–H and O–H groups in total. The number of nitro groups is 1. The summed E-state index contributed by atoms with van der Waals surface area (Å²) in [5.74, 6) is -0.449. The van der Waals surface area contributed by atoms with Crippen LogP contribution in [0.1, 0.15) is 19.4 Å². The summed E-state index contributed by atoms with van der Waals surface area (Å²) < 4.78 is 0. The van der Waals surface area contributed by atoms with Gasteiger partial charge in [0.1, 0.15) is 0 Å². The third-order valence-corrected chi connectivity index (χ3v) is 3.07. The zero-order valence-electron chi connectivity index (χ0n) is 10.8. The summed E-state index contributed by atoms with van der Waals surface area (Å²) in [6.45, 7) is 4.24. The van der Waals surface area contributed by atoms with E-state index in [1.807, 2.05) is 13.8 Å². The average Bonchev–Trinajstić information content (AvgIpc) is 2.29. The lowest BCUT2D eigenvalue weighted by Gasteiger charge is -2.25. The Morgan fingerprint density at radius 1 is 1.53 bits per heavy atom. The molecule has 6 nitrogen and oxygen atoms in total. The number of hydrogen-bond donors (Lipinski definition) is 1. The first kappa shape index (κ1) is 15.4. The standard InChI is InChI=1S/C12H16ClN3O3/c1-8(2)15(7-12(14)17)6-9-5-10(16(18)19)3-4-11(9)13/h3-5,8H,6-7H2,1-2H3,(H2,14,17). The highest BCUT2D eigenvalue weighted by molar-refractivity contribution is 6.31. The van der Waals surface area contributed by atoms with Gasteiger partial charge in [0.05, 0.1) is 11.5 Å². The van der Waals surface area contributed by atoms with E-state index in [0.29, 0.717) is 17.1 Å². The van der Waals surface area contributed by atoms with Gasteiger partial charge < -0.3 is 5.73 Å². The highest BCUT2D eigenvalue weighted by Crippen LogP contribution is 2.23. The molecule has 0 heterocycles. The van der Waals surface area contributed by atoms with Crippen LogP contribution in [0.4, 0.5) is 5.69 Å². The van der Waals surface area contributed by atoms with Gasteiger partial charge >= 0.3 is 0 Å². The van der Waals surface area contributed by atoms with Crippen molar-refractivity contribution in [1.82, 2.24) is 4.90 Å². The van der Waals surface area contributed by atoms with Gasteiger partial charge in [0.15, 0.2) is 0 Å². The zero-order valence-corrected chi connectivity index (χ0v) is 11.6. The number of non-ortho nitro benzene ring substituents is 1. The highest BCUT2D eigenvalue weighted by Gasteiger charge is 2.16. The lowest BCUT2D eigenvalue weighted by atomic mass is 10.1. The fraction of sp³-hybridized carbons (Fsp3) is 0.417. The van der Waals surface area contributed by atoms with Gasteiger partial charge in [0.25, 0.3) is 5.69 Å². The van der Waals surface area contributed by atoms with E-state index in [0.717, 1.165) is 0 Å². The molecular formula is C12H16ClN3O3. The Balaban J connectivity index is 2.98. The number of benzene rings is 1. The number of nitrogens with zero attached hydrogens (tertiary/aromatic N) is 2. The molecule has 0 aliphatic carbocycles. The van der Waals surface area contributed by atoms with Crippen molar-refractivity contribution in [3.8, 4) is 0 Å². The minimum atomic E-state index is -0.479. The van der Waals surface area contributed by atoms with Crippen LogP contribution in [-0.2, 0) is 11.3 Å². The van der Waals surface area contributed by atoms with Crippen molar-refractivity contribution < 1.29 is 9.72 Å². The number of primary amides is 1. The van der Waals surface area contributed by atoms with E-state index in [-0.39, 0.29) is 18.3 Å². The quantitative estimate of drug-likeness (QED) is 0.639. The number of carbonyl (C=O) groups excluding carboxylic acids is 1. The van der Waals surface area contributed by atoms with Gasteiger partial charge in [-0.25, -0.2) is 0 Å². The second-order valence-corrected chi connectivity index (χ2v) is 4.91. The fourth-order valence-corrected chi connectivity index (χ4v) is 1.81. The van der Waals surface area contributed by atoms with Crippen LogP contribution < -0.4 is 5.73 Å². The van der Waals surface area contributed by atoms with Gasteiger partial charge in [0.2, 0.25) is 5.91 Å². The number of rotatable bonds is 6. The Labute approximate surface area is 116 Å². The van der Waals surface area contributed by atoms with Crippen LogP contribution in [-0.4, -0.2) is 28.3 Å². The zero-order chi connectivity index (χ0) is 14.6. The molecule has 1 amide bonds. The van der Waals surface area contributed by atoms with Crippen LogP contribution in [0.3, 0.4) is 0 Å². The summed E-state index contributed by atoms with van der Waals surface area (Å²) in [6, 6.07) is 4.32. The highest BCUT2D eigenvalue weighted by atomic mass is 35.5. The molecule has 0 bridgehead atoms. The van der Waals surface area contributed by atoms with Crippen LogP contribution in [0.15, 0.2) is 18.2 Å². The summed E-state index contributed by atoms with van der Waals surface area (Å²) >= 11 is 6.02. The molecule has 19 heavy (non-hydrogen) atoms. The van der Waals surface area contributed by atoms with Crippen molar-refractivity contribution in [1.29, 1.82) is 0 Å². The predicted octanol–water partition coefficient (Wildman–Crippen LogP) is 1.94. The Bertz CT molecular complexity index is 491. The van der Waals surface area contributed by atoms with E-state index in [9.17, 15) is 14.9 Å². The average molecular weight is 286 g/mol. The molecule has 0 spiro atoms. The number of halogens is 1. The Morgan fingerprint density at radius 2 is 2.16 bits per heavy atom. The van der Waals surface area contributed by atoms with Gasteiger partial charge in [-0.05, 0) is 25.5 Å². The number of amides is 1. The maximum atomic E-state index is 11.0. The van der Waals surface area contributed by atoms with Crippen molar-refractivity contribution in [3.05, 3.63) is 38.9 Å². The molecule has 0 atom stereocenters. The molecule has 0 saturated heterocycles. The number of carbonyl (C=O) groups is 1. The molecule has 0 unspecified atom stereocenters. The van der Waals surface area contributed by atoms with Gasteiger partial charge in [-0.15, -0.1) is 0 Å². The van der Waals surface area contributed by atoms with Crippen molar-refractivity contribution >= 4 is 23.2 Å². The summed E-state index contributed by atoms with van der Waals surface area (Å²) in [5, 5.41) is 11.2. The SMILES string of the molecule is CC(C)N(CC(N)=O)Cc1cc([N+](=O)[O-])ccc1Cl. The molecular weight excluding hydrogens is 270 g/mol. The maximum absolute atomic E-state index is 11.0. The summed E-state index contributed by atoms with van der Waals surface area (Å²) in [5.41, 5.74) is 5.76. The molecule has 7 heteroatoms. The van der Waals surface area contributed by atoms with E-state index in [1.54, 1.807) is 4.90 Å². The minimum absolute atomic E-state index is 0.0258. The van der Waals surface area contributed by atoms with E-state index >= 15 is 0 Å². The molecule has 1 aromatic rings. The Hall–Kier alpha value is -1.66. The van der Waals surface area contributed by atoms with E-state index < -0.39 is 10.8 Å². The number of nitrogens with two attached hydrogens (primary N) is 1. The lowest BCUT2D eigenvalue weighted by Crippen LogP contribution is -2.38. The van der Waals surface area contributed by atoms with E-state index in [2.05, 4.69) is 0 Å². The monoisotopic (exact) mass is 285 g/mol. The smallest absolute Gasteiger partial charge is 0.269 e. The minimum Gasteiger partial charge on any atom is -0.369 e.